The summed E-state index contributed by atoms with van der Waals surface area (Å²) in [7, 11) is -4.41. The van der Waals surface area contributed by atoms with Crippen molar-refractivity contribution in [1.29, 1.82) is 0 Å². The molecule has 1 fully saturated rings. The number of rotatable bonds is 7. The van der Waals surface area contributed by atoms with Crippen LogP contribution in [0.3, 0.4) is 0 Å². The normalized spacial score (nSPS) is 18.8. The number of hydrogen-bond donors (Lipinski definition) is 1. The van der Waals surface area contributed by atoms with Gasteiger partial charge in [-0.1, -0.05) is 23.7 Å². The molecule has 7 nitrogen and oxygen atoms in total. The molecule has 1 aromatic heterocycles. The molecule has 2 atom stereocenters. The van der Waals surface area contributed by atoms with Crippen LogP contribution in [0.15, 0.2) is 47.6 Å². The van der Waals surface area contributed by atoms with Crippen LogP contribution in [-0.2, 0) is 14.8 Å². The molecule has 0 saturated heterocycles. The Kier molecular flexibility index (Phi) is 6.91. The highest BCUT2D eigenvalue weighted by Crippen LogP contribution is 2.37. The number of benzene rings is 2. The van der Waals surface area contributed by atoms with E-state index in [-0.39, 0.29) is 35.8 Å². The first-order chi connectivity index (χ1) is 15.7. The number of aromatic nitrogens is 2. The van der Waals surface area contributed by atoms with Crippen LogP contribution in [-0.4, -0.2) is 30.2 Å². The van der Waals surface area contributed by atoms with E-state index in [1.54, 1.807) is 12.1 Å². The Bertz CT molecular complexity index is 1260. The number of nitrogens with one attached hydrogen (secondary N) is 1. The lowest BCUT2D eigenvalue weighted by molar-refractivity contribution is -0.122. The van der Waals surface area contributed by atoms with Gasteiger partial charge < -0.3 is 4.74 Å². The molecule has 0 bridgehead atoms. The van der Waals surface area contributed by atoms with Gasteiger partial charge in [-0.2, -0.15) is 4.37 Å². The van der Waals surface area contributed by atoms with Crippen LogP contribution >= 0.6 is 23.1 Å². The smallest absolute Gasteiger partial charge is 0.266 e. The Balaban J connectivity index is 1.51. The number of ether oxygens (including phenoxy) is 1. The van der Waals surface area contributed by atoms with E-state index < -0.39 is 32.3 Å². The lowest BCUT2D eigenvalue weighted by atomic mass is 9.75. The van der Waals surface area contributed by atoms with Gasteiger partial charge in [0.25, 0.3) is 10.0 Å². The van der Waals surface area contributed by atoms with Crippen molar-refractivity contribution in [3.05, 3.63) is 64.9 Å². The molecule has 1 N–H and O–H groups in total. The Morgan fingerprint density at radius 3 is 2.64 bits per heavy atom. The van der Waals surface area contributed by atoms with Crippen molar-refractivity contribution in [2.75, 3.05) is 11.3 Å². The molecule has 2 unspecified atom stereocenters. The van der Waals surface area contributed by atoms with E-state index in [4.69, 9.17) is 16.3 Å². The molecule has 1 heterocycles. The molecule has 0 amide bonds. The minimum Gasteiger partial charge on any atom is -0.490 e. The summed E-state index contributed by atoms with van der Waals surface area (Å²) < 4.78 is 65.2. The number of carbonyl (C=O) groups is 1. The van der Waals surface area contributed by atoms with E-state index in [9.17, 15) is 22.0 Å². The van der Waals surface area contributed by atoms with Crippen LogP contribution in [0.4, 0.5) is 13.9 Å². The maximum absolute atomic E-state index is 14.6. The highest BCUT2D eigenvalue weighted by Gasteiger charge is 2.32. The van der Waals surface area contributed by atoms with Crippen molar-refractivity contribution >= 4 is 44.1 Å². The van der Waals surface area contributed by atoms with E-state index in [2.05, 4.69) is 9.36 Å². The van der Waals surface area contributed by atoms with Crippen molar-refractivity contribution in [1.82, 2.24) is 9.36 Å². The Morgan fingerprint density at radius 1 is 1.18 bits per heavy atom. The van der Waals surface area contributed by atoms with Crippen LogP contribution < -0.4 is 9.46 Å². The second-order valence-corrected chi connectivity index (χ2v) is 10.4. The Labute approximate surface area is 198 Å². The standard InChI is InChI=1S/C21H18ClF2N3O4S2/c22-14-3-1-12(2-4-14)16-6-5-15(28)7-13(16)10-31-19-8-18(24)20(9-17(19)23)33(29,30)27-21-25-11-26-32-21/h1-4,8-9,11,13,16H,5-7,10H2,(H,25,26,27). The van der Waals surface area contributed by atoms with Gasteiger partial charge in [0.15, 0.2) is 11.6 Å². The maximum Gasteiger partial charge on any atom is 0.266 e. The van der Waals surface area contributed by atoms with Gasteiger partial charge in [-0.3, -0.25) is 9.52 Å². The summed E-state index contributed by atoms with van der Waals surface area (Å²) in [4.78, 5) is 14.8. The molecule has 0 spiro atoms. The number of Topliss-reactive ketones (excluding diaryl/α,β-unsaturated/α-hetero) is 1. The first-order valence-electron chi connectivity index (χ1n) is 9.91. The van der Waals surface area contributed by atoms with Crippen LogP contribution in [0.2, 0.25) is 5.02 Å². The third-order valence-electron chi connectivity index (χ3n) is 5.40. The largest absolute Gasteiger partial charge is 0.490 e. The molecule has 12 heteroatoms. The third kappa shape index (κ3) is 5.48. The van der Waals surface area contributed by atoms with Crippen LogP contribution in [0.25, 0.3) is 0 Å². The van der Waals surface area contributed by atoms with E-state index >= 15 is 0 Å². The molecule has 3 aromatic rings. The highest BCUT2D eigenvalue weighted by atomic mass is 35.5. The number of nitrogens with zero attached hydrogens (tertiary/aromatic N) is 2. The third-order valence-corrected chi connectivity index (χ3v) is 7.72. The summed E-state index contributed by atoms with van der Waals surface area (Å²) >= 11 is 6.71. The van der Waals surface area contributed by atoms with Crippen molar-refractivity contribution in [2.24, 2.45) is 5.92 Å². The van der Waals surface area contributed by atoms with Crippen molar-refractivity contribution in [3.63, 3.8) is 0 Å². The van der Waals surface area contributed by atoms with Crippen LogP contribution in [0.5, 0.6) is 5.75 Å². The second-order valence-electron chi connectivity index (χ2n) is 7.58. The molecular formula is C21H18ClF2N3O4S2. The lowest BCUT2D eigenvalue weighted by Gasteiger charge is -2.31. The topological polar surface area (TPSA) is 98.2 Å². The average Bonchev–Trinajstić information content (AvgIpc) is 3.27. The summed E-state index contributed by atoms with van der Waals surface area (Å²) in [6, 6.07) is 8.51. The zero-order valence-electron chi connectivity index (χ0n) is 17.0. The SMILES string of the molecule is O=C1CCC(c2ccc(Cl)cc2)C(COc2cc(F)c(S(=O)(=O)Nc3ncns3)cc2F)C1. The Hall–Kier alpha value is -2.63. The van der Waals surface area contributed by atoms with Crippen molar-refractivity contribution in [3.8, 4) is 5.75 Å². The molecule has 1 aliphatic rings. The lowest BCUT2D eigenvalue weighted by Crippen LogP contribution is -2.28. The highest BCUT2D eigenvalue weighted by molar-refractivity contribution is 7.93. The Morgan fingerprint density at radius 2 is 1.94 bits per heavy atom. The number of sulfonamides is 1. The minimum absolute atomic E-state index is 0.0105. The van der Waals surface area contributed by atoms with Gasteiger partial charge in [-0.15, -0.1) is 0 Å². The molecule has 174 valence electrons. The maximum atomic E-state index is 14.6. The van der Waals surface area contributed by atoms with Gasteiger partial charge in [0, 0.05) is 47.4 Å². The van der Waals surface area contributed by atoms with Gasteiger partial charge in [0.2, 0.25) is 5.13 Å². The summed E-state index contributed by atoms with van der Waals surface area (Å²) in [5.74, 6) is -2.85. The average molecular weight is 514 g/mol. The van der Waals surface area contributed by atoms with Gasteiger partial charge in [0.05, 0.1) is 6.61 Å². The van der Waals surface area contributed by atoms with Gasteiger partial charge in [0.1, 0.15) is 22.8 Å². The number of halogens is 3. The molecule has 0 radical (unpaired) electrons. The summed E-state index contributed by atoms with van der Waals surface area (Å²) in [5.41, 5.74) is 0.983. The monoisotopic (exact) mass is 513 g/mol. The van der Waals surface area contributed by atoms with Gasteiger partial charge in [-0.25, -0.2) is 22.2 Å². The second kappa shape index (κ2) is 9.70. The number of anilines is 1. The predicted octanol–water partition coefficient (Wildman–Crippen LogP) is 4.80. The quantitative estimate of drug-likeness (QED) is 0.487. The minimum atomic E-state index is -4.41. The van der Waals surface area contributed by atoms with E-state index in [0.29, 0.717) is 30.0 Å². The molecular weight excluding hydrogens is 496 g/mol. The fraction of sp³-hybridized carbons (Fsp3) is 0.286. The zero-order chi connectivity index (χ0) is 23.6. The van der Waals surface area contributed by atoms with Crippen molar-refractivity contribution < 1.29 is 26.7 Å². The molecule has 0 aliphatic heterocycles. The number of carbonyl (C=O) groups excluding carboxylic acids is 1. The number of ketones is 1. The summed E-state index contributed by atoms with van der Waals surface area (Å²) in [6.07, 6.45) is 2.42. The summed E-state index contributed by atoms with van der Waals surface area (Å²) in [5, 5.41) is 0.511. The van der Waals surface area contributed by atoms with E-state index in [1.165, 1.54) is 0 Å². The van der Waals surface area contributed by atoms with Gasteiger partial charge in [-0.05, 0) is 30.0 Å². The first kappa shape index (κ1) is 23.5. The van der Waals surface area contributed by atoms with Crippen molar-refractivity contribution in [2.45, 2.75) is 30.1 Å². The first-order valence-corrected chi connectivity index (χ1v) is 12.5. The fourth-order valence-corrected chi connectivity index (χ4v) is 5.68. The van der Waals surface area contributed by atoms with E-state index in [1.807, 2.05) is 16.9 Å². The van der Waals surface area contributed by atoms with Crippen LogP contribution in [0, 0.1) is 17.6 Å². The molecule has 4 rings (SSSR count). The van der Waals surface area contributed by atoms with E-state index in [0.717, 1.165) is 23.4 Å². The predicted molar refractivity (Wildman–Crippen MR) is 119 cm³/mol. The summed E-state index contributed by atoms with van der Waals surface area (Å²) in [6.45, 7) is -0.0372. The zero-order valence-corrected chi connectivity index (χ0v) is 19.4. The molecule has 1 saturated carbocycles. The molecule has 33 heavy (non-hydrogen) atoms. The van der Waals surface area contributed by atoms with Gasteiger partial charge >= 0.3 is 0 Å². The molecule has 1 aliphatic carbocycles. The molecule has 2 aromatic carbocycles. The fourth-order valence-electron chi connectivity index (χ4n) is 3.82. The number of hydrogen-bond acceptors (Lipinski definition) is 7. The van der Waals surface area contributed by atoms with Crippen LogP contribution in [0.1, 0.15) is 30.7 Å².